The van der Waals surface area contributed by atoms with Crippen molar-refractivity contribution in [2.75, 3.05) is 6.54 Å². The van der Waals surface area contributed by atoms with Gasteiger partial charge in [0.05, 0.1) is 0 Å². The lowest BCUT2D eigenvalue weighted by Gasteiger charge is -2.45. The molecule has 1 heterocycles. The molecule has 1 saturated carbocycles. The number of benzene rings is 1. The van der Waals surface area contributed by atoms with Crippen molar-refractivity contribution in [1.82, 2.24) is 5.32 Å². The van der Waals surface area contributed by atoms with Gasteiger partial charge in [-0.25, -0.2) is 0 Å². The second kappa shape index (κ2) is 6.07. The molecule has 0 bridgehead atoms. The second-order valence-electron chi connectivity index (χ2n) is 6.61. The predicted molar refractivity (Wildman–Crippen MR) is 86.4 cm³/mol. The first-order chi connectivity index (χ1) is 9.76. The first-order valence-corrected chi connectivity index (χ1v) is 8.63. The van der Waals surface area contributed by atoms with E-state index in [0.717, 1.165) is 10.9 Å². The van der Waals surface area contributed by atoms with Crippen molar-refractivity contribution in [2.24, 2.45) is 5.92 Å². The zero-order chi connectivity index (χ0) is 14.0. The van der Waals surface area contributed by atoms with E-state index in [2.05, 4.69) is 36.5 Å². The fourth-order valence-corrected chi connectivity index (χ4v) is 4.71. The van der Waals surface area contributed by atoms with E-state index in [9.17, 15) is 0 Å². The van der Waals surface area contributed by atoms with Crippen molar-refractivity contribution in [1.29, 1.82) is 0 Å². The molecule has 0 spiro atoms. The largest absolute Gasteiger partial charge is 0.313 e. The van der Waals surface area contributed by atoms with E-state index in [1.54, 1.807) is 0 Å². The summed E-state index contributed by atoms with van der Waals surface area (Å²) in [5.74, 6) is 0.837. The van der Waals surface area contributed by atoms with Crippen molar-refractivity contribution in [3.05, 3.63) is 34.9 Å². The van der Waals surface area contributed by atoms with Crippen LogP contribution in [0.5, 0.6) is 0 Å². The van der Waals surface area contributed by atoms with Gasteiger partial charge in [-0.1, -0.05) is 56.3 Å². The van der Waals surface area contributed by atoms with E-state index in [4.69, 9.17) is 11.6 Å². The Kier molecular flexibility index (Phi) is 4.37. The minimum atomic E-state index is 0.347. The van der Waals surface area contributed by atoms with Gasteiger partial charge in [0.15, 0.2) is 0 Å². The molecule has 0 radical (unpaired) electrons. The van der Waals surface area contributed by atoms with Crippen molar-refractivity contribution in [2.45, 2.75) is 63.3 Å². The summed E-state index contributed by atoms with van der Waals surface area (Å²) in [6, 6.07) is 9.36. The van der Waals surface area contributed by atoms with Crippen LogP contribution in [0.3, 0.4) is 0 Å². The van der Waals surface area contributed by atoms with Crippen LogP contribution < -0.4 is 5.32 Å². The van der Waals surface area contributed by atoms with Gasteiger partial charge in [-0.15, -0.1) is 0 Å². The molecule has 2 atom stereocenters. The van der Waals surface area contributed by atoms with E-state index in [1.165, 1.54) is 57.1 Å². The minimum absolute atomic E-state index is 0.347. The molecule has 0 amide bonds. The second-order valence-corrected chi connectivity index (χ2v) is 7.05. The summed E-state index contributed by atoms with van der Waals surface area (Å²) in [6.45, 7) is 3.54. The zero-order valence-corrected chi connectivity index (χ0v) is 13.3. The van der Waals surface area contributed by atoms with E-state index >= 15 is 0 Å². The fourth-order valence-electron chi connectivity index (χ4n) is 4.59. The smallest absolute Gasteiger partial charge is 0.0406 e. The molecule has 1 aliphatic carbocycles. The van der Waals surface area contributed by atoms with Gasteiger partial charge in [-0.05, 0) is 49.4 Å². The molecule has 1 N–H and O–H groups in total. The first-order valence-electron chi connectivity index (χ1n) is 8.26. The monoisotopic (exact) mass is 291 g/mol. The van der Waals surface area contributed by atoms with Crippen LogP contribution in [-0.4, -0.2) is 12.6 Å². The number of halogens is 1. The summed E-state index contributed by atoms with van der Waals surface area (Å²) in [4.78, 5) is 0. The molecule has 1 aliphatic heterocycles. The Morgan fingerprint density at radius 1 is 1.15 bits per heavy atom. The summed E-state index contributed by atoms with van der Waals surface area (Å²) in [7, 11) is 0. The van der Waals surface area contributed by atoms with Crippen molar-refractivity contribution in [3.63, 3.8) is 0 Å². The summed E-state index contributed by atoms with van der Waals surface area (Å²) in [5, 5.41) is 4.70. The topological polar surface area (TPSA) is 12.0 Å². The van der Waals surface area contributed by atoms with Gasteiger partial charge in [0.2, 0.25) is 0 Å². The Morgan fingerprint density at radius 2 is 1.85 bits per heavy atom. The number of nitrogens with one attached hydrogen (secondary N) is 1. The molecule has 20 heavy (non-hydrogen) atoms. The highest BCUT2D eigenvalue weighted by Gasteiger charge is 2.45. The fraction of sp³-hybridized carbons (Fsp3) is 0.667. The van der Waals surface area contributed by atoms with Crippen LogP contribution in [0.1, 0.15) is 57.4 Å². The lowest BCUT2D eigenvalue weighted by atomic mass is 9.62. The maximum absolute atomic E-state index is 6.10. The van der Waals surface area contributed by atoms with Crippen molar-refractivity contribution < 1.29 is 0 Å². The Morgan fingerprint density at radius 3 is 2.50 bits per heavy atom. The molecular formula is C18H26ClN. The average molecular weight is 292 g/mol. The third-order valence-corrected chi connectivity index (χ3v) is 5.89. The number of hydrogen-bond donors (Lipinski definition) is 1. The normalized spacial score (nSPS) is 29.5. The average Bonchev–Trinajstić information content (AvgIpc) is 2.97. The molecule has 1 nitrogen and oxygen atoms in total. The summed E-state index contributed by atoms with van der Waals surface area (Å²) in [6.07, 6.45) is 9.46. The highest BCUT2D eigenvalue weighted by atomic mass is 35.5. The van der Waals surface area contributed by atoms with Crippen LogP contribution in [0.15, 0.2) is 24.3 Å². The predicted octanol–water partition coefficient (Wildman–Crippen LogP) is 4.93. The van der Waals surface area contributed by atoms with Crippen LogP contribution in [0.4, 0.5) is 0 Å². The van der Waals surface area contributed by atoms with Gasteiger partial charge in [0.1, 0.15) is 0 Å². The molecule has 2 heteroatoms. The molecule has 2 aliphatic rings. The van der Waals surface area contributed by atoms with Crippen LogP contribution >= 0.6 is 11.6 Å². The van der Waals surface area contributed by atoms with Crippen LogP contribution in [0, 0.1) is 5.92 Å². The zero-order valence-electron chi connectivity index (χ0n) is 12.5. The quantitative estimate of drug-likeness (QED) is 0.832. The molecule has 1 saturated heterocycles. The molecule has 2 unspecified atom stereocenters. The first kappa shape index (κ1) is 14.4. The van der Waals surface area contributed by atoms with Gasteiger partial charge in [0.25, 0.3) is 0 Å². The van der Waals surface area contributed by atoms with E-state index in [1.807, 2.05) is 0 Å². The SMILES string of the molecule is CCC1CCNC1C1(c2ccc(Cl)cc2)CCCCC1. The number of rotatable bonds is 3. The lowest BCUT2D eigenvalue weighted by Crippen LogP contribution is -2.49. The highest BCUT2D eigenvalue weighted by molar-refractivity contribution is 6.30. The van der Waals surface area contributed by atoms with Crippen LogP contribution in [-0.2, 0) is 5.41 Å². The Hall–Kier alpha value is -0.530. The van der Waals surface area contributed by atoms with Gasteiger partial charge < -0.3 is 5.32 Å². The van der Waals surface area contributed by atoms with E-state index in [-0.39, 0.29) is 0 Å². The maximum atomic E-state index is 6.10. The van der Waals surface area contributed by atoms with Gasteiger partial charge in [0, 0.05) is 16.5 Å². The van der Waals surface area contributed by atoms with Gasteiger partial charge in [-0.2, -0.15) is 0 Å². The maximum Gasteiger partial charge on any atom is 0.0406 e. The van der Waals surface area contributed by atoms with Crippen molar-refractivity contribution >= 4 is 11.6 Å². The lowest BCUT2D eigenvalue weighted by molar-refractivity contribution is 0.190. The Bertz CT molecular complexity index is 433. The molecule has 2 fully saturated rings. The Labute approximate surface area is 128 Å². The molecule has 0 aromatic heterocycles. The van der Waals surface area contributed by atoms with Crippen molar-refractivity contribution in [3.8, 4) is 0 Å². The summed E-state index contributed by atoms with van der Waals surface area (Å²) in [5.41, 5.74) is 1.86. The highest BCUT2D eigenvalue weighted by Crippen LogP contribution is 2.46. The molecule has 1 aromatic rings. The molecular weight excluding hydrogens is 266 g/mol. The molecule has 1 aromatic carbocycles. The van der Waals surface area contributed by atoms with E-state index < -0.39 is 0 Å². The van der Waals surface area contributed by atoms with Crippen LogP contribution in [0.2, 0.25) is 5.02 Å². The molecule has 3 rings (SSSR count). The third kappa shape index (κ3) is 2.51. The summed E-state index contributed by atoms with van der Waals surface area (Å²) >= 11 is 6.10. The molecule has 110 valence electrons. The van der Waals surface area contributed by atoms with Gasteiger partial charge >= 0.3 is 0 Å². The standard InChI is InChI=1S/C18H26ClN/c1-2-14-10-13-20-17(14)18(11-4-3-5-12-18)15-6-8-16(19)9-7-15/h6-9,14,17,20H,2-5,10-13H2,1H3. The number of hydrogen-bond acceptors (Lipinski definition) is 1. The van der Waals surface area contributed by atoms with E-state index in [0.29, 0.717) is 11.5 Å². The van der Waals surface area contributed by atoms with Crippen LogP contribution in [0.25, 0.3) is 0 Å². The van der Waals surface area contributed by atoms with Gasteiger partial charge in [-0.3, -0.25) is 0 Å². The minimum Gasteiger partial charge on any atom is -0.313 e. The Balaban J connectivity index is 1.97. The summed E-state index contributed by atoms with van der Waals surface area (Å²) < 4.78 is 0. The third-order valence-electron chi connectivity index (χ3n) is 5.64.